The Morgan fingerprint density at radius 1 is 1.08 bits per heavy atom. The molecule has 1 aliphatic heterocycles. The molecule has 0 bridgehead atoms. The van der Waals surface area contributed by atoms with Gasteiger partial charge in [0.05, 0.1) is 30.5 Å². The van der Waals surface area contributed by atoms with E-state index in [-0.39, 0.29) is 24.6 Å². The summed E-state index contributed by atoms with van der Waals surface area (Å²) in [7, 11) is 0. The van der Waals surface area contributed by atoms with E-state index < -0.39 is 11.6 Å². The van der Waals surface area contributed by atoms with Gasteiger partial charge in [-0.05, 0) is 36.4 Å². The van der Waals surface area contributed by atoms with E-state index in [0.717, 1.165) is 0 Å². The number of hydrogen-bond acceptors (Lipinski definition) is 2. The van der Waals surface area contributed by atoms with E-state index in [1.54, 1.807) is 29.2 Å². The van der Waals surface area contributed by atoms with Crippen LogP contribution in [0, 0.1) is 11.6 Å². The van der Waals surface area contributed by atoms with Gasteiger partial charge in [-0.3, -0.25) is 9.48 Å². The van der Waals surface area contributed by atoms with E-state index in [9.17, 15) is 13.6 Å². The smallest absolute Gasteiger partial charge is 0.262 e. The lowest BCUT2D eigenvalue weighted by Crippen LogP contribution is -2.24. The Kier molecular flexibility index (Phi) is 3.77. The zero-order chi connectivity index (χ0) is 17.6. The number of halogens is 3. The standard InChI is InChI=1S/C18H12ClF2N3O/c19-11-4-6-12(7-5-11)23-10-17-13(18(23)25)8-22-24(17)9-14-15(20)2-1-3-16(14)21/h1-8H,9-10H2. The lowest BCUT2D eigenvalue weighted by molar-refractivity contribution is 0.0996. The summed E-state index contributed by atoms with van der Waals surface area (Å²) in [6.45, 7) is 0.210. The van der Waals surface area contributed by atoms with Gasteiger partial charge < -0.3 is 4.90 Å². The molecular weight excluding hydrogens is 348 g/mol. The van der Waals surface area contributed by atoms with Crippen LogP contribution in [0.1, 0.15) is 21.6 Å². The Bertz CT molecular complexity index is 949. The van der Waals surface area contributed by atoms with Gasteiger partial charge in [0.1, 0.15) is 11.6 Å². The zero-order valence-electron chi connectivity index (χ0n) is 12.9. The van der Waals surface area contributed by atoms with Crippen LogP contribution >= 0.6 is 11.6 Å². The maximum absolute atomic E-state index is 13.9. The maximum Gasteiger partial charge on any atom is 0.262 e. The van der Waals surface area contributed by atoms with Gasteiger partial charge in [0.2, 0.25) is 0 Å². The molecule has 2 aromatic carbocycles. The van der Waals surface area contributed by atoms with E-state index in [1.807, 2.05) is 0 Å². The van der Waals surface area contributed by atoms with Crippen LogP contribution < -0.4 is 4.90 Å². The van der Waals surface area contributed by atoms with Crippen molar-refractivity contribution in [3.05, 3.63) is 82.1 Å². The lowest BCUT2D eigenvalue weighted by atomic mass is 10.2. The molecule has 7 heteroatoms. The minimum Gasteiger partial charge on any atom is -0.302 e. The average molecular weight is 360 g/mol. The van der Waals surface area contributed by atoms with Crippen LogP contribution in [0.2, 0.25) is 5.02 Å². The zero-order valence-corrected chi connectivity index (χ0v) is 13.7. The molecule has 4 nitrogen and oxygen atoms in total. The van der Waals surface area contributed by atoms with Gasteiger partial charge in [-0.25, -0.2) is 8.78 Å². The summed E-state index contributed by atoms with van der Waals surface area (Å²) in [6, 6.07) is 10.6. The topological polar surface area (TPSA) is 38.1 Å². The summed E-state index contributed by atoms with van der Waals surface area (Å²) in [5.41, 5.74) is 1.69. The number of carbonyl (C=O) groups excluding carboxylic acids is 1. The van der Waals surface area contributed by atoms with Crippen molar-refractivity contribution < 1.29 is 13.6 Å². The molecule has 1 amide bonds. The Morgan fingerprint density at radius 3 is 2.44 bits per heavy atom. The van der Waals surface area contributed by atoms with Gasteiger partial charge in [0.15, 0.2) is 0 Å². The van der Waals surface area contributed by atoms with Crippen molar-refractivity contribution in [1.29, 1.82) is 0 Å². The first kappa shape index (κ1) is 15.8. The molecule has 25 heavy (non-hydrogen) atoms. The van der Waals surface area contributed by atoms with Crippen LogP contribution in [0.4, 0.5) is 14.5 Å². The van der Waals surface area contributed by atoms with Gasteiger partial charge in [0, 0.05) is 16.3 Å². The Balaban J connectivity index is 1.66. The second-order valence-corrected chi connectivity index (χ2v) is 6.17. The molecular formula is C18H12ClF2N3O. The van der Waals surface area contributed by atoms with Crippen molar-refractivity contribution >= 4 is 23.2 Å². The van der Waals surface area contributed by atoms with Gasteiger partial charge in [-0.1, -0.05) is 17.7 Å². The van der Waals surface area contributed by atoms with E-state index in [4.69, 9.17) is 11.6 Å². The highest BCUT2D eigenvalue weighted by molar-refractivity contribution is 6.30. The molecule has 0 saturated carbocycles. The molecule has 2 heterocycles. The number of carbonyl (C=O) groups is 1. The summed E-state index contributed by atoms with van der Waals surface area (Å²) >= 11 is 5.88. The third kappa shape index (κ3) is 2.68. The van der Waals surface area contributed by atoms with E-state index in [1.165, 1.54) is 29.1 Å². The van der Waals surface area contributed by atoms with Gasteiger partial charge >= 0.3 is 0 Å². The number of benzene rings is 2. The number of nitrogens with zero attached hydrogens (tertiary/aromatic N) is 3. The van der Waals surface area contributed by atoms with Crippen molar-refractivity contribution in [2.75, 3.05) is 4.90 Å². The molecule has 0 spiro atoms. The Labute approximate surface area is 147 Å². The first-order valence-electron chi connectivity index (χ1n) is 7.59. The molecule has 0 unspecified atom stereocenters. The maximum atomic E-state index is 13.9. The molecule has 126 valence electrons. The van der Waals surface area contributed by atoms with Crippen molar-refractivity contribution in [2.24, 2.45) is 0 Å². The highest BCUT2D eigenvalue weighted by Crippen LogP contribution is 2.29. The first-order chi connectivity index (χ1) is 12.0. The minimum absolute atomic E-state index is 0.0738. The summed E-state index contributed by atoms with van der Waals surface area (Å²) in [6.07, 6.45) is 1.44. The molecule has 3 aromatic rings. The molecule has 1 aromatic heterocycles. The highest BCUT2D eigenvalue weighted by Gasteiger charge is 2.32. The predicted molar refractivity (Wildman–Crippen MR) is 89.7 cm³/mol. The van der Waals surface area contributed by atoms with Crippen molar-refractivity contribution in [1.82, 2.24) is 9.78 Å². The third-order valence-electron chi connectivity index (χ3n) is 4.24. The second-order valence-electron chi connectivity index (χ2n) is 5.73. The number of rotatable bonds is 3. The van der Waals surface area contributed by atoms with Crippen LogP contribution in [-0.4, -0.2) is 15.7 Å². The second kappa shape index (κ2) is 5.97. The largest absolute Gasteiger partial charge is 0.302 e. The van der Waals surface area contributed by atoms with Gasteiger partial charge in [-0.15, -0.1) is 0 Å². The molecule has 0 atom stereocenters. The molecule has 0 N–H and O–H groups in total. The number of aromatic nitrogens is 2. The third-order valence-corrected chi connectivity index (χ3v) is 4.49. The molecule has 0 radical (unpaired) electrons. The van der Waals surface area contributed by atoms with Crippen LogP contribution in [0.5, 0.6) is 0 Å². The molecule has 4 rings (SSSR count). The fourth-order valence-corrected chi connectivity index (χ4v) is 3.05. The summed E-state index contributed by atoms with van der Waals surface area (Å²) in [5.74, 6) is -1.47. The normalized spacial score (nSPS) is 13.4. The lowest BCUT2D eigenvalue weighted by Gasteiger charge is -2.16. The van der Waals surface area contributed by atoms with Crippen molar-refractivity contribution in [2.45, 2.75) is 13.1 Å². The van der Waals surface area contributed by atoms with Crippen molar-refractivity contribution in [3.8, 4) is 0 Å². The number of amides is 1. The number of hydrogen-bond donors (Lipinski definition) is 0. The van der Waals surface area contributed by atoms with Crippen molar-refractivity contribution in [3.63, 3.8) is 0 Å². The van der Waals surface area contributed by atoms with Crippen LogP contribution in [0.25, 0.3) is 0 Å². The Morgan fingerprint density at radius 2 is 1.76 bits per heavy atom. The fraction of sp³-hybridized carbons (Fsp3) is 0.111. The summed E-state index contributed by atoms with van der Waals surface area (Å²) in [4.78, 5) is 14.2. The monoisotopic (exact) mass is 359 g/mol. The SMILES string of the molecule is O=C1c2cnn(Cc3c(F)cccc3F)c2CN1c1ccc(Cl)cc1. The van der Waals surface area contributed by atoms with Crippen LogP contribution in [0.3, 0.4) is 0 Å². The molecule has 0 fully saturated rings. The molecule has 0 aliphatic carbocycles. The molecule has 0 saturated heterocycles. The number of anilines is 1. The van der Waals surface area contributed by atoms with Gasteiger partial charge in [-0.2, -0.15) is 5.10 Å². The van der Waals surface area contributed by atoms with E-state index >= 15 is 0 Å². The van der Waals surface area contributed by atoms with Crippen LogP contribution in [-0.2, 0) is 13.1 Å². The Hall–Kier alpha value is -2.73. The van der Waals surface area contributed by atoms with Crippen LogP contribution in [0.15, 0.2) is 48.7 Å². The summed E-state index contributed by atoms with van der Waals surface area (Å²) in [5, 5.41) is 4.70. The van der Waals surface area contributed by atoms with Gasteiger partial charge in [0.25, 0.3) is 5.91 Å². The summed E-state index contributed by atoms with van der Waals surface area (Å²) < 4.78 is 29.2. The quantitative estimate of drug-likeness (QED) is 0.708. The fourth-order valence-electron chi connectivity index (χ4n) is 2.92. The minimum atomic E-state index is -0.636. The van der Waals surface area contributed by atoms with E-state index in [2.05, 4.69) is 5.10 Å². The molecule has 1 aliphatic rings. The number of fused-ring (bicyclic) bond motifs is 1. The average Bonchev–Trinajstić information content (AvgIpc) is 3.13. The predicted octanol–water partition coefficient (Wildman–Crippen LogP) is 4.02. The first-order valence-corrected chi connectivity index (χ1v) is 7.97. The highest BCUT2D eigenvalue weighted by atomic mass is 35.5. The van der Waals surface area contributed by atoms with E-state index in [0.29, 0.717) is 22.0 Å².